The molecule has 1 aliphatic rings. The number of nitrogens with one attached hydrogen (secondary N) is 2. The van der Waals surface area contributed by atoms with E-state index < -0.39 is 17.5 Å². The third kappa shape index (κ3) is 4.14. The second kappa shape index (κ2) is 7.36. The number of ether oxygens (including phenoxy) is 1. The van der Waals surface area contributed by atoms with E-state index in [4.69, 9.17) is 4.74 Å². The minimum Gasteiger partial charge on any atom is -0.381 e. The fourth-order valence-corrected chi connectivity index (χ4v) is 2.36. The summed E-state index contributed by atoms with van der Waals surface area (Å²) in [6.45, 7) is 3.97. The van der Waals surface area contributed by atoms with Crippen molar-refractivity contribution in [1.82, 2.24) is 5.32 Å². The number of benzene rings is 1. The van der Waals surface area contributed by atoms with Gasteiger partial charge in [0.1, 0.15) is 17.3 Å². The van der Waals surface area contributed by atoms with Crippen LogP contribution in [0.1, 0.15) is 30.1 Å². The molecule has 1 atom stereocenters. The summed E-state index contributed by atoms with van der Waals surface area (Å²) in [6, 6.07) is 2.10. The maximum atomic E-state index is 13.8. The molecule has 0 aliphatic carbocycles. The van der Waals surface area contributed by atoms with Crippen molar-refractivity contribution in [3.63, 3.8) is 0 Å². The number of hydrogen-bond donors (Lipinski definition) is 2. The van der Waals surface area contributed by atoms with Gasteiger partial charge in [-0.1, -0.05) is 0 Å². The maximum absolute atomic E-state index is 13.8. The second-order valence-corrected chi connectivity index (χ2v) is 5.14. The van der Waals surface area contributed by atoms with Crippen molar-refractivity contribution in [2.75, 3.05) is 31.6 Å². The molecule has 0 aromatic heterocycles. The van der Waals surface area contributed by atoms with Gasteiger partial charge in [-0.3, -0.25) is 4.79 Å². The summed E-state index contributed by atoms with van der Waals surface area (Å²) >= 11 is 0. The van der Waals surface area contributed by atoms with Crippen LogP contribution in [-0.2, 0) is 4.74 Å². The summed E-state index contributed by atoms with van der Waals surface area (Å²) in [5.74, 6) is -1.73. The molecule has 1 aromatic rings. The molecule has 0 bridgehead atoms. The molecule has 1 aromatic carbocycles. The van der Waals surface area contributed by atoms with Gasteiger partial charge in [0.05, 0.1) is 6.61 Å². The molecule has 1 saturated heterocycles. The highest BCUT2D eigenvalue weighted by Gasteiger charge is 2.17. The Balaban J connectivity index is 1.98. The highest BCUT2D eigenvalue weighted by Crippen LogP contribution is 2.21. The minimum absolute atomic E-state index is 0.0108. The first kappa shape index (κ1) is 15.7. The van der Waals surface area contributed by atoms with Crippen molar-refractivity contribution in [1.29, 1.82) is 0 Å². The number of anilines is 1. The molecule has 4 nitrogen and oxygen atoms in total. The molecule has 1 aliphatic heterocycles. The first-order chi connectivity index (χ1) is 10.1. The van der Waals surface area contributed by atoms with Gasteiger partial charge in [-0.25, -0.2) is 8.78 Å². The molecule has 1 heterocycles. The minimum atomic E-state index is -0.761. The van der Waals surface area contributed by atoms with E-state index in [9.17, 15) is 13.6 Å². The van der Waals surface area contributed by atoms with E-state index in [0.29, 0.717) is 19.7 Å². The van der Waals surface area contributed by atoms with E-state index >= 15 is 0 Å². The molecular weight excluding hydrogens is 278 g/mol. The maximum Gasteiger partial charge on any atom is 0.251 e. The van der Waals surface area contributed by atoms with Crippen LogP contribution in [-0.4, -0.2) is 32.2 Å². The standard InChI is InChI=1S/C15H20F2N2O2/c1-2-18-14-12(16)6-11(7-13(14)17)15(20)19-8-10-4-3-5-21-9-10/h6-7,10,18H,2-5,8-9H2,1H3,(H,19,20). The molecule has 116 valence electrons. The summed E-state index contributed by atoms with van der Waals surface area (Å²) in [4.78, 5) is 12.0. The third-order valence-electron chi connectivity index (χ3n) is 3.46. The fraction of sp³-hybridized carbons (Fsp3) is 0.533. The number of halogens is 2. The molecule has 0 spiro atoms. The summed E-state index contributed by atoms with van der Waals surface area (Å²) in [6.07, 6.45) is 1.96. The van der Waals surface area contributed by atoms with Crippen molar-refractivity contribution < 1.29 is 18.3 Å². The highest BCUT2D eigenvalue weighted by molar-refractivity contribution is 5.94. The van der Waals surface area contributed by atoms with Crippen molar-refractivity contribution in [3.05, 3.63) is 29.3 Å². The zero-order valence-electron chi connectivity index (χ0n) is 12.0. The lowest BCUT2D eigenvalue weighted by atomic mass is 10.0. The van der Waals surface area contributed by atoms with Crippen LogP contribution < -0.4 is 10.6 Å². The Morgan fingerprint density at radius 1 is 1.38 bits per heavy atom. The second-order valence-electron chi connectivity index (χ2n) is 5.14. The van der Waals surface area contributed by atoms with Crippen LogP contribution in [0.4, 0.5) is 14.5 Å². The van der Waals surface area contributed by atoms with Crippen LogP contribution in [0.2, 0.25) is 0 Å². The molecular formula is C15H20F2N2O2. The summed E-state index contributed by atoms with van der Waals surface area (Å²) < 4.78 is 32.8. The average molecular weight is 298 g/mol. The van der Waals surface area contributed by atoms with Crippen LogP contribution in [0.15, 0.2) is 12.1 Å². The topological polar surface area (TPSA) is 50.4 Å². The Morgan fingerprint density at radius 2 is 2.10 bits per heavy atom. The van der Waals surface area contributed by atoms with E-state index in [2.05, 4.69) is 10.6 Å². The van der Waals surface area contributed by atoms with Gasteiger partial charge in [0.15, 0.2) is 0 Å². The van der Waals surface area contributed by atoms with Crippen LogP contribution >= 0.6 is 0 Å². The van der Waals surface area contributed by atoms with Gasteiger partial charge in [0, 0.05) is 25.3 Å². The Morgan fingerprint density at radius 3 is 2.67 bits per heavy atom. The number of hydrogen-bond acceptors (Lipinski definition) is 3. The first-order valence-corrected chi connectivity index (χ1v) is 7.20. The van der Waals surface area contributed by atoms with Crippen molar-refractivity contribution >= 4 is 11.6 Å². The van der Waals surface area contributed by atoms with Crippen LogP contribution in [0.3, 0.4) is 0 Å². The van der Waals surface area contributed by atoms with E-state index in [1.807, 2.05) is 0 Å². The third-order valence-corrected chi connectivity index (χ3v) is 3.46. The van der Waals surface area contributed by atoms with Gasteiger partial charge in [-0.15, -0.1) is 0 Å². The molecule has 1 unspecified atom stereocenters. The zero-order valence-corrected chi connectivity index (χ0v) is 12.0. The predicted molar refractivity (Wildman–Crippen MR) is 76.4 cm³/mol. The van der Waals surface area contributed by atoms with Crippen LogP contribution in [0, 0.1) is 17.6 Å². The Bertz CT molecular complexity index is 479. The van der Waals surface area contributed by atoms with E-state index in [1.54, 1.807) is 6.92 Å². The van der Waals surface area contributed by atoms with E-state index in [1.165, 1.54) is 0 Å². The van der Waals surface area contributed by atoms with Crippen molar-refractivity contribution in [2.45, 2.75) is 19.8 Å². The monoisotopic (exact) mass is 298 g/mol. The number of amides is 1. The molecule has 0 saturated carbocycles. The predicted octanol–water partition coefficient (Wildman–Crippen LogP) is 2.55. The Hall–Kier alpha value is -1.69. The Kier molecular flexibility index (Phi) is 5.50. The SMILES string of the molecule is CCNc1c(F)cc(C(=O)NCC2CCCOC2)cc1F. The molecule has 1 amide bonds. The van der Waals surface area contributed by atoms with Gasteiger partial charge < -0.3 is 15.4 Å². The lowest BCUT2D eigenvalue weighted by Gasteiger charge is -2.22. The van der Waals surface area contributed by atoms with E-state index in [-0.39, 0.29) is 17.2 Å². The molecule has 6 heteroatoms. The van der Waals surface area contributed by atoms with Gasteiger partial charge in [0.25, 0.3) is 5.91 Å². The lowest BCUT2D eigenvalue weighted by molar-refractivity contribution is 0.0536. The normalized spacial score (nSPS) is 18.3. The summed E-state index contributed by atoms with van der Waals surface area (Å²) in [7, 11) is 0. The van der Waals surface area contributed by atoms with Gasteiger partial charge in [-0.05, 0) is 37.8 Å². The molecule has 2 rings (SSSR count). The zero-order chi connectivity index (χ0) is 15.2. The molecule has 21 heavy (non-hydrogen) atoms. The van der Waals surface area contributed by atoms with Gasteiger partial charge >= 0.3 is 0 Å². The highest BCUT2D eigenvalue weighted by atomic mass is 19.1. The van der Waals surface area contributed by atoms with Crippen LogP contribution in [0.25, 0.3) is 0 Å². The molecule has 0 radical (unpaired) electrons. The summed E-state index contributed by atoms with van der Waals surface area (Å²) in [5.41, 5.74) is -0.210. The van der Waals surface area contributed by atoms with Crippen LogP contribution in [0.5, 0.6) is 0 Å². The number of carbonyl (C=O) groups excluding carboxylic acids is 1. The van der Waals surface area contributed by atoms with Crippen molar-refractivity contribution in [3.8, 4) is 0 Å². The largest absolute Gasteiger partial charge is 0.381 e. The smallest absolute Gasteiger partial charge is 0.251 e. The van der Waals surface area contributed by atoms with Gasteiger partial charge in [0.2, 0.25) is 0 Å². The summed E-state index contributed by atoms with van der Waals surface area (Å²) in [5, 5.41) is 5.30. The van der Waals surface area contributed by atoms with Crippen molar-refractivity contribution in [2.24, 2.45) is 5.92 Å². The lowest BCUT2D eigenvalue weighted by Crippen LogP contribution is -2.33. The fourth-order valence-electron chi connectivity index (χ4n) is 2.36. The Labute approximate surface area is 122 Å². The number of carbonyl (C=O) groups is 1. The number of rotatable bonds is 5. The van der Waals surface area contributed by atoms with E-state index in [0.717, 1.165) is 31.6 Å². The average Bonchev–Trinajstić information content (AvgIpc) is 2.49. The first-order valence-electron chi connectivity index (χ1n) is 7.20. The van der Waals surface area contributed by atoms with Gasteiger partial charge in [-0.2, -0.15) is 0 Å². The quantitative estimate of drug-likeness (QED) is 0.878. The molecule has 2 N–H and O–H groups in total. The molecule has 1 fully saturated rings.